The molecule has 1 aliphatic rings. The van der Waals surface area contributed by atoms with Crippen molar-refractivity contribution >= 4 is 23.3 Å². The summed E-state index contributed by atoms with van der Waals surface area (Å²) in [6.45, 7) is 3.69. The summed E-state index contributed by atoms with van der Waals surface area (Å²) in [5, 5.41) is 20.4. The predicted molar refractivity (Wildman–Crippen MR) is 109 cm³/mol. The number of amidine groups is 1. The lowest BCUT2D eigenvalue weighted by Gasteiger charge is -2.28. The highest BCUT2D eigenvalue weighted by Gasteiger charge is 2.30. The van der Waals surface area contributed by atoms with Crippen LogP contribution < -0.4 is 21.7 Å². The molecule has 6 N–H and O–H groups in total. The van der Waals surface area contributed by atoms with Gasteiger partial charge in [-0.3, -0.25) is 9.59 Å². The van der Waals surface area contributed by atoms with Gasteiger partial charge < -0.3 is 26.9 Å². The SMILES string of the molecule is CN/C(C)=C(/NC(=O)[C@@H]1CCC[C@H](/C(N)=N/O)C1)C(=O)Nc1ccc(C)cc1. The van der Waals surface area contributed by atoms with E-state index in [0.717, 1.165) is 18.4 Å². The number of allylic oxidation sites excluding steroid dienone is 1. The van der Waals surface area contributed by atoms with Crippen LogP contribution in [0.2, 0.25) is 0 Å². The molecule has 8 nitrogen and oxygen atoms in total. The van der Waals surface area contributed by atoms with Crippen molar-refractivity contribution in [1.29, 1.82) is 0 Å². The molecule has 8 heteroatoms. The first-order valence-corrected chi connectivity index (χ1v) is 9.40. The number of aryl methyl sites for hydroxylation is 1. The molecule has 1 saturated carbocycles. The first-order valence-electron chi connectivity index (χ1n) is 9.40. The first kappa shape index (κ1) is 21.3. The van der Waals surface area contributed by atoms with Crippen molar-refractivity contribution in [2.75, 3.05) is 12.4 Å². The Morgan fingerprint density at radius 3 is 2.43 bits per heavy atom. The minimum atomic E-state index is -0.396. The van der Waals surface area contributed by atoms with E-state index < -0.39 is 5.91 Å². The monoisotopic (exact) mass is 387 g/mol. The van der Waals surface area contributed by atoms with Crippen LogP contribution in [0, 0.1) is 18.8 Å². The lowest BCUT2D eigenvalue weighted by Crippen LogP contribution is -2.40. The van der Waals surface area contributed by atoms with Crippen molar-refractivity contribution in [1.82, 2.24) is 10.6 Å². The zero-order valence-corrected chi connectivity index (χ0v) is 16.6. The van der Waals surface area contributed by atoms with E-state index in [0.29, 0.717) is 24.2 Å². The number of anilines is 1. The van der Waals surface area contributed by atoms with Crippen molar-refractivity contribution in [2.24, 2.45) is 22.7 Å². The Bertz CT molecular complexity index is 771. The number of rotatable bonds is 6. The van der Waals surface area contributed by atoms with Gasteiger partial charge in [0.2, 0.25) is 5.91 Å². The van der Waals surface area contributed by atoms with E-state index in [4.69, 9.17) is 10.9 Å². The summed E-state index contributed by atoms with van der Waals surface area (Å²) in [6, 6.07) is 7.42. The van der Waals surface area contributed by atoms with Crippen LogP contribution in [-0.2, 0) is 9.59 Å². The minimum Gasteiger partial charge on any atom is -0.409 e. The average molecular weight is 387 g/mol. The van der Waals surface area contributed by atoms with Gasteiger partial charge in [-0.2, -0.15) is 0 Å². The molecule has 0 radical (unpaired) electrons. The molecule has 0 saturated heterocycles. The molecule has 0 spiro atoms. The molecule has 0 bridgehead atoms. The van der Waals surface area contributed by atoms with Crippen molar-refractivity contribution in [3.63, 3.8) is 0 Å². The molecule has 2 atom stereocenters. The summed E-state index contributed by atoms with van der Waals surface area (Å²) < 4.78 is 0. The minimum absolute atomic E-state index is 0.131. The van der Waals surface area contributed by atoms with E-state index in [1.165, 1.54) is 0 Å². The molecule has 2 rings (SSSR count). The smallest absolute Gasteiger partial charge is 0.273 e. The summed E-state index contributed by atoms with van der Waals surface area (Å²) in [5.74, 6) is -0.914. The molecule has 0 unspecified atom stereocenters. The van der Waals surface area contributed by atoms with Crippen molar-refractivity contribution in [3.05, 3.63) is 41.2 Å². The average Bonchev–Trinajstić information content (AvgIpc) is 2.72. The normalized spacial score (nSPS) is 20.8. The van der Waals surface area contributed by atoms with E-state index in [-0.39, 0.29) is 29.3 Å². The highest BCUT2D eigenvalue weighted by atomic mass is 16.4. The maximum atomic E-state index is 12.8. The van der Waals surface area contributed by atoms with Gasteiger partial charge in [0.05, 0.1) is 0 Å². The standard InChI is InChI=1S/C20H29N5O3/c1-12-7-9-16(10-8-12)23-20(27)17(13(2)22-3)24-19(26)15-6-4-5-14(11-15)18(21)25-28/h7-10,14-15,22,28H,4-6,11H2,1-3H3,(H2,21,25)(H,23,27)(H,24,26)/b17-13+/t14-,15+/m0/s1. The number of carbonyl (C=O) groups is 2. The van der Waals surface area contributed by atoms with Gasteiger partial charge in [-0.15, -0.1) is 0 Å². The van der Waals surface area contributed by atoms with Crippen molar-refractivity contribution < 1.29 is 14.8 Å². The number of nitrogens with zero attached hydrogens (tertiary/aromatic N) is 1. The van der Waals surface area contributed by atoms with E-state index in [1.807, 2.05) is 31.2 Å². The largest absolute Gasteiger partial charge is 0.409 e. The number of amides is 2. The summed E-state index contributed by atoms with van der Waals surface area (Å²) in [7, 11) is 1.69. The summed E-state index contributed by atoms with van der Waals surface area (Å²) in [6.07, 6.45) is 2.78. The third kappa shape index (κ3) is 5.48. The summed E-state index contributed by atoms with van der Waals surface area (Å²) >= 11 is 0. The molecule has 1 fully saturated rings. The maximum absolute atomic E-state index is 12.8. The van der Waals surface area contributed by atoms with Crippen molar-refractivity contribution in [3.8, 4) is 0 Å². The van der Waals surface area contributed by atoms with Gasteiger partial charge in [0.25, 0.3) is 5.91 Å². The number of nitrogens with two attached hydrogens (primary N) is 1. The number of nitrogens with one attached hydrogen (secondary N) is 3. The lowest BCUT2D eigenvalue weighted by atomic mass is 9.80. The fourth-order valence-corrected chi connectivity index (χ4v) is 3.28. The molecule has 2 amide bonds. The third-order valence-corrected chi connectivity index (χ3v) is 5.11. The Balaban J connectivity index is 2.10. The zero-order chi connectivity index (χ0) is 20.7. The number of carbonyl (C=O) groups excluding carboxylic acids is 2. The molecule has 152 valence electrons. The van der Waals surface area contributed by atoms with E-state index in [1.54, 1.807) is 14.0 Å². The van der Waals surface area contributed by atoms with Gasteiger partial charge in [0.1, 0.15) is 11.5 Å². The van der Waals surface area contributed by atoms with Crippen LogP contribution in [-0.4, -0.2) is 29.9 Å². The highest BCUT2D eigenvalue weighted by molar-refractivity contribution is 6.06. The molecule has 1 aromatic carbocycles. The second-order valence-electron chi connectivity index (χ2n) is 7.14. The van der Waals surface area contributed by atoms with E-state index in [9.17, 15) is 9.59 Å². The zero-order valence-electron chi connectivity index (χ0n) is 16.6. The number of oxime groups is 1. The van der Waals surface area contributed by atoms with Gasteiger partial charge in [-0.25, -0.2) is 0 Å². The number of benzene rings is 1. The second-order valence-corrected chi connectivity index (χ2v) is 7.14. The van der Waals surface area contributed by atoms with Gasteiger partial charge >= 0.3 is 0 Å². The van der Waals surface area contributed by atoms with Crippen LogP contribution in [0.5, 0.6) is 0 Å². The van der Waals surface area contributed by atoms with Gasteiger partial charge in [-0.1, -0.05) is 29.3 Å². The lowest BCUT2D eigenvalue weighted by molar-refractivity contribution is -0.126. The molecule has 0 aromatic heterocycles. The third-order valence-electron chi connectivity index (χ3n) is 5.11. The van der Waals surface area contributed by atoms with Crippen LogP contribution in [0.15, 0.2) is 40.8 Å². The molecule has 28 heavy (non-hydrogen) atoms. The molecule has 0 heterocycles. The van der Waals surface area contributed by atoms with E-state index in [2.05, 4.69) is 21.1 Å². The van der Waals surface area contributed by atoms with Gasteiger partial charge in [0.15, 0.2) is 0 Å². The highest BCUT2D eigenvalue weighted by Crippen LogP contribution is 2.29. The van der Waals surface area contributed by atoms with E-state index >= 15 is 0 Å². The Labute approximate surface area is 165 Å². The summed E-state index contributed by atoms with van der Waals surface area (Å²) in [5.41, 5.74) is 8.19. The Morgan fingerprint density at radius 1 is 1.18 bits per heavy atom. The van der Waals surface area contributed by atoms with Crippen LogP contribution in [0.25, 0.3) is 0 Å². The van der Waals surface area contributed by atoms with Gasteiger partial charge in [0, 0.05) is 30.3 Å². The fourth-order valence-electron chi connectivity index (χ4n) is 3.28. The Hall–Kier alpha value is -3.03. The number of hydrogen-bond donors (Lipinski definition) is 5. The van der Waals surface area contributed by atoms with Crippen LogP contribution in [0.1, 0.15) is 38.2 Å². The Kier molecular flexibility index (Phi) is 7.43. The van der Waals surface area contributed by atoms with Crippen molar-refractivity contribution in [2.45, 2.75) is 39.5 Å². The topological polar surface area (TPSA) is 129 Å². The van der Waals surface area contributed by atoms with Crippen LogP contribution >= 0.6 is 0 Å². The number of hydrogen-bond acceptors (Lipinski definition) is 5. The Morgan fingerprint density at radius 2 is 1.82 bits per heavy atom. The molecular weight excluding hydrogens is 358 g/mol. The second kappa shape index (κ2) is 9.77. The molecular formula is C20H29N5O3. The fraction of sp³-hybridized carbons (Fsp3) is 0.450. The van der Waals surface area contributed by atoms with Crippen LogP contribution in [0.4, 0.5) is 5.69 Å². The summed E-state index contributed by atoms with van der Waals surface area (Å²) in [4.78, 5) is 25.5. The first-order chi connectivity index (χ1) is 13.3. The van der Waals surface area contributed by atoms with Gasteiger partial charge in [-0.05, 0) is 45.2 Å². The maximum Gasteiger partial charge on any atom is 0.273 e. The molecule has 1 aliphatic carbocycles. The molecule has 0 aliphatic heterocycles. The molecule has 1 aromatic rings. The predicted octanol–water partition coefficient (Wildman–Crippen LogP) is 2.05. The quantitative estimate of drug-likeness (QED) is 0.168. The van der Waals surface area contributed by atoms with Crippen LogP contribution in [0.3, 0.4) is 0 Å².